The average Bonchev–Trinajstić information content (AvgIpc) is 2.83. The van der Waals surface area contributed by atoms with Crippen molar-refractivity contribution in [1.29, 1.82) is 0 Å². The van der Waals surface area contributed by atoms with E-state index in [4.69, 9.17) is 26.2 Å². The molecule has 0 radical (unpaired) electrons. The van der Waals surface area contributed by atoms with Crippen molar-refractivity contribution in [1.82, 2.24) is 0 Å². The summed E-state index contributed by atoms with van der Waals surface area (Å²) in [7, 11) is 3.01. The van der Waals surface area contributed by atoms with Crippen molar-refractivity contribution in [2.45, 2.75) is 4.90 Å². The molecule has 0 spiro atoms. The summed E-state index contributed by atoms with van der Waals surface area (Å²) in [5.41, 5.74) is 1.20. The molecule has 0 saturated carbocycles. The minimum Gasteiger partial charge on any atom is -0.493 e. The Bertz CT molecular complexity index is 1230. The fourth-order valence-corrected chi connectivity index (χ4v) is 3.85. The van der Waals surface area contributed by atoms with Crippen LogP contribution in [0.5, 0.6) is 11.5 Å². The maximum absolute atomic E-state index is 12.6. The minimum absolute atomic E-state index is 0.0188. The Hall–Kier alpha value is -3.69. The van der Waals surface area contributed by atoms with E-state index in [0.717, 1.165) is 4.90 Å². The summed E-state index contributed by atoms with van der Waals surface area (Å²) in [6, 6.07) is 16.0. The van der Waals surface area contributed by atoms with E-state index in [1.54, 1.807) is 36.4 Å². The Kier molecular flexibility index (Phi) is 8.39. The van der Waals surface area contributed by atoms with Gasteiger partial charge in [-0.1, -0.05) is 17.7 Å². The topological polar surface area (TPSA) is 114 Å². The molecular weight excluding hydrogens is 480 g/mol. The van der Waals surface area contributed by atoms with Crippen LogP contribution in [-0.2, 0) is 4.79 Å². The number of benzene rings is 3. The molecule has 10 heteroatoms. The van der Waals surface area contributed by atoms with Gasteiger partial charge in [0.05, 0.1) is 36.2 Å². The van der Waals surface area contributed by atoms with Crippen LogP contribution >= 0.6 is 23.4 Å². The molecule has 176 valence electrons. The summed E-state index contributed by atoms with van der Waals surface area (Å²) in [6.07, 6.45) is 0. The number of amides is 2. The average molecular weight is 501 g/mol. The van der Waals surface area contributed by atoms with Gasteiger partial charge in [-0.15, -0.1) is 11.8 Å². The van der Waals surface area contributed by atoms with Crippen LogP contribution < -0.4 is 20.1 Å². The number of hydrogen-bond acceptors (Lipinski definition) is 6. The Balaban J connectivity index is 1.61. The van der Waals surface area contributed by atoms with Gasteiger partial charge in [0.25, 0.3) is 5.91 Å². The van der Waals surface area contributed by atoms with Gasteiger partial charge in [-0.3, -0.25) is 9.59 Å². The molecule has 2 amide bonds. The fraction of sp³-hybridized carbons (Fsp3) is 0.125. The highest BCUT2D eigenvalue weighted by Crippen LogP contribution is 2.29. The largest absolute Gasteiger partial charge is 0.493 e. The van der Waals surface area contributed by atoms with E-state index < -0.39 is 5.97 Å². The number of ether oxygens (including phenoxy) is 2. The van der Waals surface area contributed by atoms with Crippen LogP contribution in [0.3, 0.4) is 0 Å². The first-order valence-corrected chi connectivity index (χ1v) is 11.3. The molecule has 0 unspecified atom stereocenters. The molecule has 0 aromatic heterocycles. The summed E-state index contributed by atoms with van der Waals surface area (Å²) in [5.74, 6) is -0.775. The molecule has 34 heavy (non-hydrogen) atoms. The van der Waals surface area contributed by atoms with Gasteiger partial charge in [0.15, 0.2) is 11.5 Å². The summed E-state index contributed by atoms with van der Waals surface area (Å²) in [4.78, 5) is 36.9. The third kappa shape index (κ3) is 6.43. The monoisotopic (exact) mass is 500 g/mol. The van der Waals surface area contributed by atoms with Gasteiger partial charge in [0.1, 0.15) is 0 Å². The van der Waals surface area contributed by atoms with Gasteiger partial charge in [-0.05, 0) is 54.6 Å². The van der Waals surface area contributed by atoms with Crippen molar-refractivity contribution >= 4 is 52.5 Å². The van der Waals surface area contributed by atoms with Gasteiger partial charge in [-0.2, -0.15) is 0 Å². The molecule has 8 nitrogen and oxygen atoms in total. The molecule has 3 rings (SSSR count). The lowest BCUT2D eigenvalue weighted by atomic mass is 10.2. The summed E-state index contributed by atoms with van der Waals surface area (Å²) in [6.45, 7) is 0. The van der Waals surface area contributed by atoms with E-state index in [-0.39, 0.29) is 33.8 Å². The molecule has 3 N–H and O–H groups in total. The molecule has 0 bridgehead atoms. The van der Waals surface area contributed by atoms with Crippen molar-refractivity contribution in [3.05, 3.63) is 76.8 Å². The lowest BCUT2D eigenvalue weighted by Gasteiger charge is -2.11. The Labute approximate surface area is 205 Å². The second-order valence-electron chi connectivity index (χ2n) is 6.89. The van der Waals surface area contributed by atoms with E-state index in [1.165, 1.54) is 44.2 Å². The van der Waals surface area contributed by atoms with Crippen LogP contribution in [0.1, 0.15) is 20.7 Å². The number of nitrogens with one attached hydrogen (secondary N) is 2. The molecule has 0 heterocycles. The number of halogens is 1. The predicted molar refractivity (Wildman–Crippen MR) is 132 cm³/mol. The van der Waals surface area contributed by atoms with Crippen LogP contribution in [0.25, 0.3) is 0 Å². The smallest absolute Gasteiger partial charge is 0.335 e. The maximum atomic E-state index is 12.6. The molecule has 0 aliphatic rings. The fourth-order valence-electron chi connectivity index (χ4n) is 2.93. The van der Waals surface area contributed by atoms with E-state index in [9.17, 15) is 14.4 Å². The second kappa shape index (κ2) is 11.4. The number of carbonyl (C=O) groups excluding carboxylic acids is 2. The normalized spacial score (nSPS) is 10.3. The highest BCUT2D eigenvalue weighted by molar-refractivity contribution is 8.00. The van der Waals surface area contributed by atoms with Crippen LogP contribution in [0.15, 0.2) is 65.6 Å². The molecule has 0 aliphatic carbocycles. The van der Waals surface area contributed by atoms with Crippen molar-refractivity contribution in [2.24, 2.45) is 0 Å². The third-order valence-electron chi connectivity index (χ3n) is 4.59. The zero-order valence-corrected chi connectivity index (χ0v) is 19.8. The number of anilines is 2. The number of carboxylic acid groups (broad SMARTS) is 1. The molecule has 3 aromatic carbocycles. The third-order valence-corrected chi connectivity index (χ3v) is 5.92. The van der Waals surface area contributed by atoms with Gasteiger partial charge >= 0.3 is 5.97 Å². The van der Waals surface area contributed by atoms with E-state index in [0.29, 0.717) is 22.7 Å². The predicted octanol–water partition coefficient (Wildman–Crippen LogP) is 5.04. The second-order valence-corrected chi connectivity index (χ2v) is 8.34. The highest BCUT2D eigenvalue weighted by Gasteiger charge is 2.13. The Morgan fingerprint density at radius 2 is 1.65 bits per heavy atom. The van der Waals surface area contributed by atoms with Crippen LogP contribution in [0, 0.1) is 0 Å². The molecule has 3 aromatic rings. The highest BCUT2D eigenvalue weighted by atomic mass is 35.5. The molecule has 0 fully saturated rings. The number of rotatable bonds is 9. The number of thioether (sulfide) groups is 1. The van der Waals surface area contributed by atoms with E-state index in [2.05, 4.69) is 10.6 Å². The lowest BCUT2D eigenvalue weighted by molar-refractivity contribution is -0.113. The molecule has 0 aliphatic heterocycles. The molecular formula is C24H21ClN2O6S. The number of carbonyl (C=O) groups is 3. The lowest BCUT2D eigenvalue weighted by Crippen LogP contribution is -2.15. The number of methoxy groups -OCH3 is 2. The number of carboxylic acids is 1. The minimum atomic E-state index is -1.12. The van der Waals surface area contributed by atoms with Crippen molar-refractivity contribution in [3.63, 3.8) is 0 Å². The Morgan fingerprint density at radius 1 is 0.912 bits per heavy atom. The van der Waals surface area contributed by atoms with Crippen molar-refractivity contribution in [3.8, 4) is 11.5 Å². The first kappa shape index (κ1) is 24.9. The van der Waals surface area contributed by atoms with Crippen molar-refractivity contribution < 1.29 is 29.0 Å². The standard InChI is InChI=1S/C24H21ClN2O6S/c1-32-20-9-7-14(11-21(20)33-2)23(29)26-16-4-3-5-17(12-16)34-13-22(28)27-19-10-15(24(30)31)6-8-18(19)25/h3-12H,13H2,1-2H3,(H,26,29)(H,27,28)(H,30,31). The summed E-state index contributed by atoms with van der Waals surface area (Å²) < 4.78 is 10.4. The Morgan fingerprint density at radius 3 is 2.35 bits per heavy atom. The number of hydrogen-bond donors (Lipinski definition) is 3. The molecule has 0 atom stereocenters. The van der Waals surface area contributed by atoms with Crippen LogP contribution in [-0.4, -0.2) is 42.9 Å². The summed E-state index contributed by atoms with van der Waals surface area (Å²) >= 11 is 7.30. The first-order valence-electron chi connectivity index (χ1n) is 9.89. The van der Waals surface area contributed by atoms with E-state index in [1.807, 2.05) is 6.07 Å². The van der Waals surface area contributed by atoms with Gasteiger partial charge in [0.2, 0.25) is 5.91 Å². The first-order chi connectivity index (χ1) is 16.3. The number of aromatic carboxylic acids is 1. The van der Waals surface area contributed by atoms with E-state index >= 15 is 0 Å². The zero-order chi connectivity index (χ0) is 24.7. The van der Waals surface area contributed by atoms with Crippen molar-refractivity contribution in [2.75, 3.05) is 30.6 Å². The molecule has 0 saturated heterocycles. The van der Waals surface area contributed by atoms with Gasteiger partial charge in [-0.25, -0.2) is 4.79 Å². The SMILES string of the molecule is COc1ccc(C(=O)Nc2cccc(SCC(=O)Nc3cc(C(=O)O)ccc3Cl)c2)cc1OC. The zero-order valence-electron chi connectivity index (χ0n) is 18.3. The summed E-state index contributed by atoms with van der Waals surface area (Å²) in [5, 5.41) is 14.8. The van der Waals surface area contributed by atoms with Crippen LogP contribution in [0.2, 0.25) is 5.02 Å². The van der Waals surface area contributed by atoms with Crippen LogP contribution in [0.4, 0.5) is 11.4 Å². The van der Waals surface area contributed by atoms with Gasteiger partial charge < -0.3 is 25.2 Å². The maximum Gasteiger partial charge on any atom is 0.335 e. The van der Waals surface area contributed by atoms with Gasteiger partial charge in [0, 0.05) is 16.1 Å². The quantitative estimate of drug-likeness (QED) is 0.353.